The summed E-state index contributed by atoms with van der Waals surface area (Å²) in [5.41, 5.74) is 7.94. The maximum absolute atomic E-state index is 11.4. The highest BCUT2D eigenvalue weighted by Crippen LogP contribution is 2.15. The van der Waals surface area contributed by atoms with Gasteiger partial charge in [-0.3, -0.25) is 0 Å². The van der Waals surface area contributed by atoms with Crippen LogP contribution in [0.3, 0.4) is 0 Å². The molecule has 0 N–H and O–H groups in total. The molecule has 17 heavy (non-hydrogen) atoms. The molecule has 7 nitrogen and oxygen atoms in total. The molecular weight excluding hydrogens is 242 g/mol. The Morgan fingerprint density at radius 3 is 2.24 bits per heavy atom. The highest BCUT2D eigenvalue weighted by Gasteiger charge is 2.37. The van der Waals surface area contributed by atoms with Crippen molar-refractivity contribution >= 4 is 25.0 Å². The van der Waals surface area contributed by atoms with E-state index >= 15 is 0 Å². The van der Waals surface area contributed by atoms with Gasteiger partial charge in [0, 0.05) is 10.0 Å². The predicted octanol–water partition coefficient (Wildman–Crippen LogP) is 2.16. The Kier molecular flexibility index (Phi) is 6.15. The fraction of sp³-hybridized carbons (Fsp3) is 0.667. The Hall–Kier alpha value is -1.66. The molecule has 0 heterocycles. The Morgan fingerprint density at radius 2 is 1.82 bits per heavy atom. The van der Waals surface area contributed by atoms with Gasteiger partial charge in [0.15, 0.2) is 0 Å². The Balaban J connectivity index is 4.18. The van der Waals surface area contributed by atoms with Crippen molar-refractivity contribution in [2.45, 2.75) is 32.9 Å². The summed E-state index contributed by atoms with van der Waals surface area (Å²) < 4.78 is 4.58. The van der Waals surface area contributed by atoms with Gasteiger partial charge in [-0.1, -0.05) is 6.55 Å². The molecule has 0 aliphatic heterocycles. The van der Waals surface area contributed by atoms with Crippen LogP contribution in [-0.4, -0.2) is 31.6 Å². The Labute approximate surface area is 99.8 Å². The summed E-state index contributed by atoms with van der Waals surface area (Å²) in [6.07, 6.45) is -0.587. The molecule has 94 valence electrons. The number of amides is 1. The van der Waals surface area contributed by atoms with Gasteiger partial charge in [-0.2, -0.15) is 0 Å². The first kappa shape index (κ1) is 15.3. The van der Waals surface area contributed by atoms with Gasteiger partial charge in [0.2, 0.25) is 8.07 Å². The van der Waals surface area contributed by atoms with E-state index in [1.54, 1.807) is 6.55 Å². The van der Waals surface area contributed by atoms with Gasteiger partial charge in [0.1, 0.15) is 10.8 Å². The second-order valence-electron chi connectivity index (χ2n) is 3.85. The van der Waals surface area contributed by atoms with Crippen LogP contribution in [0.5, 0.6) is 0 Å². The number of carbonyl (C=O) groups excluding carboxylic acids is 3. The lowest BCUT2D eigenvalue weighted by molar-refractivity contribution is -0.114. The molecular formula is C9H15N3O4Si. The Bertz CT molecular complexity index is 362. The van der Waals surface area contributed by atoms with Gasteiger partial charge < -0.3 is 14.3 Å². The van der Waals surface area contributed by atoms with Crippen molar-refractivity contribution in [1.82, 2.24) is 0 Å². The van der Waals surface area contributed by atoms with Crippen LogP contribution in [0.1, 0.15) is 20.3 Å². The first-order valence-electron chi connectivity index (χ1n) is 5.08. The minimum Gasteiger partial charge on any atom is -0.461 e. The zero-order valence-electron chi connectivity index (χ0n) is 10.1. The van der Waals surface area contributed by atoms with Gasteiger partial charge >= 0.3 is 6.09 Å². The maximum Gasteiger partial charge on any atom is 0.396 e. The van der Waals surface area contributed by atoms with Crippen molar-refractivity contribution in [3.63, 3.8) is 0 Å². The molecule has 1 amide bonds. The summed E-state index contributed by atoms with van der Waals surface area (Å²) in [6.45, 7) is 4.58. The Morgan fingerprint density at radius 1 is 1.29 bits per heavy atom. The zero-order valence-corrected chi connectivity index (χ0v) is 11.1. The number of nitrogens with zero attached hydrogens (tertiary/aromatic N) is 3. The molecule has 0 saturated heterocycles. The minimum absolute atomic E-state index is 0.0427. The van der Waals surface area contributed by atoms with Crippen LogP contribution in [0, 0.1) is 0 Å². The van der Waals surface area contributed by atoms with Crippen LogP contribution in [0.2, 0.25) is 12.6 Å². The topological polar surface area (TPSA) is 109 Å². The quantitative estimate of drug-likeness (QED) is 0.239. The third-order valence-corrected chi connectivity index (χ3v) is 7.19. The maximum atomic E-state index is 11.4. The molecule has 0 aliphatic carbocycles. The second kappa shape index (κ2) is 6.82. The van der Waals surface area contributed by atoms with Crippen LogP contribution in [-0.2, 0) is 14.3 Å². The van der Waals surface area contributed by atoms with Gasteiger partial charge in [0.05, 0.1) is 6.61 Å². The highest BCUT2D eigenvalue weighted by molar-refractivity contribution is 7.24. The largest absolute Gasteiger partial charge is 0.461 e. The summed E-state index contributed by atoms with van der Waals surface area (Å²) in [5, 5.41) is 2.57. The lowest BCUT2D eigenvalue weighted by atomic mass is 10.5. The van der Waals surface area contributed by atoms with E-state index in [0.29, 0.717) is 12.5 Å². The first-order chi connectivity index (χ1) is 7.84. The summed E-state index contributed by atoms with van der Waals surface area (Å²) >= 11 is 0. The van der Waals surface area contributed by atoms with Crippen molar-refractivity contribution in [2.75, 3.05) is 6.61 Å². The lowest BCUT2D eigenvalue weighted by Crippen LogP contribution is -2.47. The molecule has 0 radical (unpaired) electrons. The number of hydrogen-bond acceptors (Lipinski definition) is 4. The number of carbonyl (C=O) groups is 3. The molecule has 0 aliphatic rings. The molecule has 0 aromatic heterocycles. The summed E-state index contributed by atoms with van der Waals surface area (Å²) in [5.74, 6) is 0. The average Bonchev–Trinajstić information content (AvgIpc) is 2.23. The molecule has 8 heteroatoms. The molecule has 0 rings (SSSR count). The first-order valence-corrected chi connectivity index (χ1v) is 7.79. The molecule has 0 spiro atoms. The van der Waals surface area contributed by atoms with Crippen LogP contribution < -0.4 is 0 Å². The lowest BCUT2D eigenvalue weighted by Gasteiger charge is -2.19. The third kappa shape index (κ3) is 4.79. The zero-order chi connectivity index (χ0) is 13.5. The van der Waals surface area contributed by atoms with E-state index in [9.17, 15) is 14.4 Å². The molecule has 0 atom stereocenters. The van der Waals surface area contributed by atoms with Crippen molar-refractivity contribution in [2.24, 2.45) is 5.11 Å². The van der Waals surface area contributed by atoms with E-state index in [0.717, 1.165) is 0 Å². The van der Waals surface area contributed by atoms with Crippen molar-refractivity contribution in [3.05, 3.63) is 10.4 Å². The van der Waals surface area contributed by atoms with Gasteiger partial charge in [-0.15, -0.1) is 0 Å². The van der Waals surface area contributed by atoms with E-state index in [2.05, 4.69) is 14.8 Å². The molecule has 0 aromatic carbocycles. The monoisotopic (exact) mass is 257 g/mol. The fourth-order valence-corrected chi connectivity index (χ4v) is 3.30. The number of rotatable bonds is 6. The average molecular weight is 257 g/mol. The third-order valence-electron chi connectivity index (χ3n) is 2.73. The second-order valence-corrected chi connectivity index (χ2v) is 8.42. The van der Waals surface area contributed by atoms with Gasteiger partial charge in [-0.25, -0.2) is 4.79 Å². The van der Waals surface area contributed by atoms with Crippen LogP contribution in [0.15, 0.2) is 5.11 Å². The molecule has 0 aromatic rings. The molecule has 0 bridgehead atoms. The molecule has 0 fully saturated rings. The molecule has 0 saturated carbocycles. The van der Waals surface area contributed by atoms with Crippen molar-refractivity contribution < 1.29 is 19.1 Å². The molecule has 0 unspecified atom stereocenters. The van der Waals surface area contributed by atoms with E-state index in [-0.39, 0.29) is 17.4 Å². The summed E-state index contributed by atoms with van der Waals surface area (Å²) in [6, 6.07) is 0.432. The van der Waals surface area contributed by atoms with E-state index < -0.39 is 14.2 Å². The highest BCUT2D eigenvalue weighted by atomic mass is 28.3. The fourth-order valence-electron chi connectivity index (χ4n) is 1.25. The smallest absolute Gasteiger partial charge is 0.396 e. The van der Waals surface area contributed by atoms with E-state index in [4.69, 9.17) is 5.53 Å². The van der Waals surface area contributed by atoms with E-state index in [1.807, 2.05) is 0 Å². The minimum atomic E-state index is -2.57. The predicted molar refractivity (Wildman–Crippen MR) is 62.9 cm³/mol. The van der Waals surface area contributed by atoms with Crippen molar-refractivity contribution in [3.8, 4) is 0 Å². The van der Waals surface area contributed by atoms with E-state index in [1.165, 1.54) is 13.8 Å². The summed E-state index contributed by atoms with van der Waals surface area (Å²) in [4.78, 5) is 35.7. The van der Waals surface area contributed by atoms with Crippen molar-refractivity contribution in [1.29, 1.82) is 0 Å². The van der Waals surface area contributed by atoms with Crippen LogP contribution in [0.4, 0.5) is 4.79 Å². The van der Waals surface area contributed by atoms with Gasteiger partial charge in [-0.05, 0) is 31.8 Å². The van der Waals surface area contributed by atoms with Crippen LogP contribution >= 0.6 is 0 Å². The van der Waals surface area contributed by atoms with Crippen LogP contribution in [0.25, 0.3) is 10.4 Å². The number of ether oxygens (including phenoxy) is 1. The standard InChI is InChI=1S/C9H15N3O4Si/c1-7(13)17(3,8(2)14)6-4-5-16-9(15)11-12-10/h4-6H2,1-3H3. The van der Waals surface area contributed by atoms with Gasteiger partial charge in [0.25, 0.3) is 0 Å². The SMILES string of the molecule is CC(=O)[Si](C)(CCCOC(=O)N=[N+]=[N-])C(C)=O. The normalized spacial score (nSPS) is 10.3. The number of azide groups is 1. The summed E-state index contributed by atoms with van der Waals surface area (Å²) in [7, 11) is -2.57. The number of hydrogen-bond donors (Lipinski definition) is 0.